The smallest absolute Gasteiger partial charge is 0.408 e. The monoisotopic (exact) mass is 324 g/mol. The van der Waals surface area contributed by atoms with Gasteiger partial charge in [-0.2, -0.15) is 0 Å². The van der Waals surface area contributed by atoms with Crippen molar-refractivity contribution in [2.24, 2.45) is 11.0 Å². The number of nitrogens with zero attached hydrogens (tertiary/aromatic N) is 1. The number of nitrogens with one attached hydrogen (secondary N) is 2. The van der Waals surface area contributed by atoms with E-state index in [-0.39, 0.29) is 12.5 Å². The van der Waals surface area contributed by atoms with Crippen molar-refractivity contribution in [2.45, 2.75) is 32.9 Å². The van der Waals surface area contributed by atoms with Crippen molar-refractivity contribution >= 4 is 12.1 Å². The van der Waals surface area contributed by atoms with Crippen molar-refractivity contribution in [3.63, 3.8) is 0 Å². The number of carbonyl (C=O) groups is 2. The first-order valence-corrected chi connectivity index (χ1v) is 7.26. The summed E-state index contributed by atoms with van der Waals surface area (Å²) in [6.45, 7) is 4.04. The molecule has 0 aliphatic rings. The number of carbonyl (C=O) groups excluding carboxylic acids is 2. The summed E-state index contributed by atoms with van der Waals surface area (Å²) >= 11 is 0. The highest BCUT2D eigenvalue weighted by Gasteiger charge is 2.20. The van der Waals surface area contributed by atoms with Crippen LogP contribution in [0.1, 0.15) is 25.8 Å². The Hall–Kier alpha value is -2.48. The SMILES string of the molecule is CC[C@@H](C)[C@H](NC(=O)OCc1ccccc1)C(=O)[O-].N=NC[NH3+]. The Morgan fingerprint density at radius 3 is 2.39 bits per heavy atom. The van der Waals surface area contributed by atoms with E-state index in [9.17, 15) is 14.7 Å². The summed E-state index contributed by atoms with van der Waals surface area (Å²) in [6.07, 6.45) is -0.129. The molecule has 0 radical (unpaired) electrons. The van der Waals surface area contributed by atoms with E-state index in [2.05, 4.69) is 16.2 Å². The van der Waals surface area contributed by atoms with Gasteiger partial charge in [-0.05, 0) is 11.5 Å². The van der Waals surface area contributed by atoms with E-state index >= 15 is 0 Å². The Balaban J connectivity index is 0.00000108. The van der Waals surface area contributed by atoms with Gasteiger partial charge in [-0.1, -0.05) is 50.6 Å². The van der Waals surface area contributed by atoms with Gasteiger partial charge in [0.2, 0.25) is 0 Å². The fourth-order valence-electron chi connectivity index (χ4n) is 1.56. The van der Waals surface area contributed by atoms with Crippen LogP contribution in [0, 0.1) is 11.4 Å². The van der Waals surface area contributed by atoms with E-state index in [1.54, 1.807) is 6.92 Å². The third-order valence-corrected chi connectivity index (χ3v) is 3.06. The van der Waals surface area contributed by atoms with Crippen molar-refractivity contribution in [3.05, 3.63) is 35.9 Å². The quantitative estimate of drug-likeness (QED) is 0.619. The first-order chi connectivity index (χ1) is 11.0. The molecule has 0 spiro atoms. The van der Waals surface area contributed by atoms with Gasteiger partial charge in [0.1, 0.15) is 6.61 Å². The summed E-state index contributed by atoms with van der Waals surface area (Å²) in [4.78, 5) is 22.5. The molecule has 0 aromatic heterocycles. The molecule has 0 unspecified atom stereocenters. The van der Waals surface area contributed by atoms with Gasteiger partial charge in [0.15, 0.2) is 6.67 Å². The number of ether oxygens (including phenoxy) is 1. The molecule has 8 nitrogen and oxygen atoms in total. The molecule has 1 aromatic rings. The molecule has 128 valence electrons. The number of quaternary nitrogens is 1. The lowest BCUT2D eigenvalue weighted by Crippen LogP contribution is -2.51. The number of hydrogen-bond acceptors (Lipinski definition) is 6. The third kappa shape index (κ3) is 9.20. The molecule has 0 heterocycles. The Kier molecular flexibility index (Phi) is 10.8. The first-order valence-electron chi connectivity index (χ1n) is 7.26. The molecule has 0 fully saturated rings. The highest BCUT2D eigenvalue weighted by Crippen LogP contribution is 2.08. The van der Waals surface area contributed by atoms with Crippen molar-refractivity contribution in [1.29, 1.82) is 5.53 Å². The molecule has 1 amide bonds. The lowest BCUT2D eigenvalue weighted by atomic mass is 10.00. The predicted octanol–water partition coefficient (Wildman–Crippen LogP) is 0.294. The molecule has 8 heteroatoms. The topological polar surface area (TPSA) is 142 Å². The van der Waals surface area contributed by atoms with Crippen LogP contribution in [-0.2, 0) is 16.1 Å². The fraction of sp³-hybridized carbons (Fsp3) is 0.467. The van der Waals surface area contributed by atoms with E-state index in [0.29, 0.717) is 13.1 Å². The van der Waals surface area contributed by atoms with Gasteiger partial charge in [0.05, 0.1) is 12.0 Å². The summed E-state index contributed by atoms with van der Waals surface area (Å²) in [5.41, 5.74) is 10.1. The van der Waals surface area contributed by atoms with E-state index in [4.69, 9.17) is 10.3 Å². The molecule has 23 heavy (non-hydrogen) atoms. The summed E-state index contributed by atoms with van der Waals surface area (Å²) < 4.78 is 4.96. The van der Waals surface area contributed by atoms with Gasteiger partial charge in [-0.25, -0.2) is 10.3 Å². The molecule has 2 atom stereocenters. The van der Waals surface area contributed by atoms with E-state index in [1.165, 1.54) is 0 Å². The maximum Gasteiger partial charge on any atom is 0.408 e. The first kappa shape index (κ1) is 20.5. The normalized spacial score (nSPS) is 12.1. The van der Waals surface area contributed by atoms with Crippen LogP contribution < -0.4 is 16.2 Å². The number of benzene rings is 1. The van der Waals surface area contributed by atoms with E-state index in [0.717, 1.165) is 5.56 Å². The number of aliphatic carboxylic acids is 1. The van der Waals surface area contributed by atoms with Crippen LogP contribution in [0.4, 0.5) is 4.79 Å². The van der Waals surface area contributed by atoms with Gasteiger partial charge >= 0.3 is 6.09 Å². The highest BCUT2D eigenvalue weighted by atomic mass is 16.5. The number of carboxylic acid groups (broad SMARTS) is 1. The minimum atomic E-state index is -1.30. The minimum absolute atomic E-state index is 0.104. The number of rotatable bonds is 7. The molecule has 0 aliphatic carbocycles. The average molecular weight is 324 g/mol. The molecule has 0 bridgehead atoms. The zero-order valence-corrected chi connectivity index (χ0v) is 13.5. The van der Waals surface area contributed by atoms with Gasteiger partial charge in [-0.15, -0.1) is 5.11 Å². The maximum atomic E-state index is 11.5. The van der Waals surface area contributed by atoms with Crippen molar-refractivity contribution in [1.82, 2.24) is 5.32 Å². The van der Waals surface area contributed by atoms with E-state index in [1.807, 2.05) is 37.3 Å². The number of alkyl carbamates (subject to hydrolysis) is 1. The fourth-order valence-corrected chi connectivity index (χ4v) is 1.56. The Morgan fingerprint density at radius 2 is 1.96 bits per heavy atom. The van der Waals surface area contributed by atoms with Gasteiger partial charge in [0, 0.05) is 0 Å². The Bertz CT molecular complexity index is 482. The van der Waals surface area contributed by atoms with Gasteiger partial charge < -0.3 is 25.7 Å². The van der Waals surface area contributed by atoms with Crippen LogP contribution in [-0.4, -0.2) is 24.8 Å². The van der Waals surface area contributed by atoms with Crippen LogP contribution >= 0.6 is 0 Å². The second kappa shape index (κ2) is 12.1. The second-order valence-electron chi connectivity index (χ2n) is 4.77. The van der Waals surface area contributed by atoms with Gasteiger partial charge in [0.25, 0.3) is 0 Å². The van der Waals surface area contributed by atoms with Crippen LogP contribution in [0.25, 0.3) is 0 Å². The zero-order chi connectivity index (χ0) is 17.7. The van der Waals surface area contributed by atoms with Crippen molar-refractivity contribution in [2.75, 3.05) is 6.67 Å². The predicted molar refractivity (Wildman–Crippen MR) is 80.9 cm³/mol. The van der Waals surface area contributed by atoms with Gasteiger partial charge in [-0.3, -0.25) is 0 Å². The van der Waals surface area contributed by atoms with Crippen LogP contribution in [0.2, 0.25) is 0 Å². The highest BCUT2D eigenvalue weighted by molar-refractivity contribution is 5.78. The molecular weight excluding hydrogens is 300 g/mol. The van der Waals surface area contributed by atoms with Crippen LogP contribution in [0.15, 0.2) is 35.4 Å². The molecule has 1 aromatic carbocycles. The Morgan fingerprint density at radius 1 is 1.39 bits per heavy atom. The molecule has 0 aliphatic heterocycles. The number of hydrogen-bond donors (Lipinski definition) is 3. The second-order valence-corrected chi connectivity index (χ2v) is 4.77. The Labute approximate surface area is 135 Å². The molecule has 0 saturated carbocycles. The molecular formula is C15H24N4O4. The maximum absolute atomic E-state index is 11.5. The largest absolute Gasteiger partial charge is 0.548 e. The third-order valence-electron chi connectivity index (χ3n) is 3.06. The lowest BCUT2D eigenvalue weighted by molar-refractivity contribution is -0.366. The summed E-state index contributed by atoms with van der Waals surface area (Å²) in [6, 6.07) is 8.13. The summed E-state index contributed by atoms with van der Waals surface area (Å²) in [5, 5.41) is 16.1. The lowest BCUT2D eigenvalue weighted by Gasteiger charge is -2.24. The summed E-state index contributed by atoms with van der Waals surface area (Å²) in [5.74, 6) is -1.51. The average Bonchev–Trinajstić information content (AvgIpc) is 2.58. The van der Waals surface area contributed by atoms with Crippen molar-refractivity contribution in [3.8, 4) is 0 Å². The standard InChI is InChI=1S/C14H19NO4.CH5N3/c1-3-10(2)12(13(16)17)15-14(18)19-9-11-7-5-4-6-8-11;2-1-4-3/h4-8,10,12H,3,9H2,1-2H3,(H,15,18)(H,16,17);3H,1-2H2/t10-,12+;/m1./s1. The van der Waals surface area contributed by atoms with E-state index < -0.39 is 18.1 Å². The van der Waals surface area contributed by atoms with Crippen LogP contribution in [0.3, 0.4) is 0 Å². The van der Waals surface area contributed by atoms with Crippen molar-refractivity contribution < 1.29 is 25.2 Å². The van der Waals surface area contributed by atoms with Crippen LogP contribution in [0.5, 0.6) is 0 Å². The minimum Gasteiger partial charge on any atom is -0.548 e. The zero-order valence-electron chi connectivity index (χ0n) is 13.5. The number of carboxylic acids is 1. The summed E-state index contributed by atoms with van der Waals surface area (Å²) in [7, 11) is 0. The molecule has 1 rings (SSSR count). The number of amides is 1. The molecule has 5 N–H and O–H groups in total. The molecule has 0 saturated heterocycles.